The third-order valence-corrected chi connectivity index (χ3v) is 3.22. The molecule has 0 fully saturated rings. The van der Waals surface area contributed by atoms with Crippen LogP contribution in [0.25, 0.3) is 0 Å². The average Bonchev–Trinajstić information content (AvgIpc) is 2.29. The lowest BCUT2D eigenvalue weighted by molar-refractivity contribution is 0.425. The van der Waals surface area contributed by atoms with Gasteiger partial charge in [0.15, 0.2) is 0 Å². The predicted octanol–water partition coefficient (Wildman–Crippen LogP) is 3.03. The maximum absolute atomic E-state index is 5.88. The summed E-state index contributed by atoms with van der Waals surface area (Å²) >= 11 is 0. The van der Waals surface area contributed by atoms with Crippen molar-refractivity contribution in [1.82, 2.24) is 4.98 Å². The summed E-state index contributed by atoms with van der Waals surface area (Å²) in [5.41, 5.74) is 13.8. The molecule has 1 aromatic heterocycles. The minimum atomic E-state index is 0.567. The normalized spacial score (nSPS) is 12.6. The van der Waals surface area contributed by atoms with E-state index in [-0.39, 0.29) is 0 Å². The summed E-state index contributed by atoms with van der Waals surface area (Å²) in [6.07, 6.45) is 6.83. The second-order valence-electron chi connectivity index (χ2n) is 4.80. The summed E-state index contributed by atoms with van der Waals surface area (Å²) in [6.45, 7) is 8.32. The largest absolute Gasteiger partial charge is 0.397 e. The number of aryl methyl sites for hydroxylation is 1. The number of nitrogens with two attached hydrogens (primary N) is 2. The lowest BCUT2D eigenvalue weighted by Crippen LogP contribution is -2.07. The summed E-state index contributed by atoms with van der Waals surface area (Å²) in [5, 5.41) is 0. The summed E-state index contributed by atoms with van der Waals surface area (Å²) in [7, 11) is 0. The number of allylic oxidation sites excluding steroid dienone is 1. The van der Waals surface area contributed by atoms with E-state index in [9.17, 15) is 0 Å². The molecule has 1 aromatic rings. The molecule has 1 atom stereocenters. The predicted molar refractivity (Wildman–Crippen MR) is 74.5 cm³/mol. The summed E-state index contributed by atoms with van der Waals surface area (Å²) in [6, 6.07) is 1.74. The Bertz CT molecular complexity index is 372. The third kappa shape index (κ3) is 3.77. The van der Waals surface area contributed by atoms with Gasteiger partial charge in [0, 0.05) is 6.20 Å². The van der Waals surface area contributed by atoms with Gasteiger partial charge in [-0.15, -0.1) is 6.58 Å². The zero-order chi connectivity index (χ0) is 12.8. The first-order valence-corrected chi connectivity index (χ1v) is 6.17. The number of nitrogen functional groups attached to an aromatic ring is 2. The molecule has 1 heterocycles. The van der Waals surface area contributed by atoms with Gasteiger partial charge >= 0.3 is 0 Å². The van der Waals surface area contributed by atoms with E-state index in [1.165, 1.54) is 0 Å². The zero-order valence-electron chi connectivity index (χ0n) is 10.8. The van der Waals surface area contributed by atoms with Gasteiger partial charge < -0.3 is 11.5 Å². The van der Waals surface area contributed by atoms with Crippen LogP contribution in [0, 0.1) is 11.8 Å². The number of hydrogen-bond donors (Lipinski definition) is 2. The van der Waals surface area contributed by atoms with Crippen molar-refractivity contribution < 1.29 is 0 Å². The topological polar surface area (TPSA) is 64.9 Å². The van der Waals surface area contributed by atoms with E-state index >= 15 is 0 Å². The minimum Gasteiger partial charge on any atom is -0.397 e. The molecule has 0 radical (unpaired) electrons. The van der Waals surface area contributed by atoms with Crippen LogP contribution < -0.4 is 11.5 Å². The van der Waals surface area contributed by atoms with E-state index in [0.717, 1.165) is 25.0 Å². The highest BCUT2D eigenvalue weighted by atomic mass is 14.8. The molecule has 1 rings (SSSR count). The van der Waals surface area contributed by atoms with Crippen LogP contribution in [-0.4, -0.2) is 4.98 Å². The van der Waals surface area contributed by atoms with E-state index in [1.54, 1.807) is 12.3 Å². The first kappa shape index (κ1) is 13.6. The first-order valence-electron chi connectivity index (χ1n) is 6.17. The van der Waals surface area contributed by atoms with Crippen molar-refractivity contribution in [2.45, 2.75) is 33.1 Å². The van der Waals surface area contributed by atoms with Crippen molar-refractivity contribution in [3.8, 4) is 0 Å². The number of rotatable bonds is 6. The molecule has 1 unspecified atom stereocenters. The fourth-order valence-electron chi connectivity index (χ4n) is 1.96. The standard InChI is InChI=1S/C14H23N3/c1-4-11(10(2)3)6-5-7-13-14(16)12(15)8-9-17-13/h4,8-11H,1,5-7,16H2,2-3H3,(H2,15,17). The maximum Gasteiger partial charge on any atom is 0.0766 e. The maximum atomic E-state index is 5.88. The molecular formula is C14H23N3. The molecular weight excluding hydrogens is 210 g/mol. The van der Waals surface area contributed by atoms with E-state index in [1.807, 2.05) is 6.08 Å². The van der Waals surface area contributed by atoms with Gasteiger partial charge in [-0.25, -0.2) is 0 Å². The molecule has 0 aliphatic rings. The molecule has 0 saturated heterocycles. The lowest BCUT2D eigenvalue weighted by atomic mass is 9.90. The van der Waals surface area contributed by atoms with Crippen LogP contribution in [0.15, 0.2) is 24.9 Å². The second-order valence-corrected chi connectivity index (χ2v) is 4.80. The van der Waals surface area contributed by atoms with Crippen molar-refractivity contribution in [2.75, 3.05) is 11.5 Å². The van der Waals surface area contributed by atoms with Crippen molar-refractivity contribution >= 4 is 11.4 Å². The Hall–Kier alpha value is -1.51. The SMILES string of the molecule is C=CC(CCCc1nccc(N)c1N)C(C)C. The molecule has 0 aromatic carbocycles. The summed E-state index contributed by atoms with van der Waals surface area (Å²) < 4.78 is 0. The van der Waals surface area contributed by atoms with Gasteiger partial charge in [-0.05, 0) is 37.2 Å². The van der Waals surface area contributed by atoms with Crippen molar-refractivity contribution in [2.24, 2.45) is 11.8 Å². The molecule has 3 nitrogen and oxygen atoms in total. The van der Waals surface area contributed by atoms with Crippen LogP contribution in [0.1, 0.15) is 32.4 Å². The van der Waals surface area contributed by atoms with E-state index in [4.69, 9.17) is 11.5 Å². The van der Waals surface area contributed by atoms with Crippen LogP contribution >= 0.6 is 0 Å². The van der Waals surface area contributed by atoms with Crippen LogP contribution in [0.3, 0.4) is 0 Å². The molecule has 0 saturated carbocycles. The summed E-state index contributed by atoms with van der Waals surface area (Å²) in [5.74, 6) is 1.20. The highest BCUT2D eigenvalue weighted by Gasteiger charge is 2.10. The van der Waals surface area contributed by atoms with Crippen LogP contribution in [0.5, 0.6) is 0 Å². The Morgan fingerprint density at radius 3 is 2.71 bits per heavy atom. The molecule has 0 spiro atoms. The van der Waals surface area contributed by atoms with Gasteiger partial charge in [-0.3, -0.25) is 4.98 Å². The second kappa shape index (κ2) is 6.28. The third-order valence-electron chi connectivity index (χ3n) is 3.22. The fraction of sp³-hybridized carbons (Fsp3) is 0.500. The van der Waals surface area contributed by atoms with Gasteiger partial charge in [0.1, 0.15) is 0 Å². The molecule has 0 bridgehead atoms. The zero-order valence-corrected chi connectivity index (χ0v) is 10.8. The quantitative estimate of drug-likeness (QED) is 0.742. The highest BCUT2D eigenvalue weighted by molar-refractivity contribution is 5.64. The lowest BCUT2D eigenvalue weighted by Gasteiger charge is -2.16. The molecule has 17 heavy (non-hydrogen) atoms. The Morgan fingerprint density at radius 1 is 1.41 bits per heavy atom. The molecule has 0 aliphatic carbocycles. The highest BCUT2D eigenvalue weighted by Crippen LogP contribution is 2.22. The molecule has 3 heteroatoms. The van der Waals surface area contributed by atoms with Gasteiger partial charge in [0.2, 0.25) is 0 Å². The van der Waals surface area contributed by atoms with E-state index in [0.29, 0.717) is 23.2 Å². The smallest absolute Gasteiger partial charge is 0.0766 e. The van der Waals surface area contributed by atoms with Gasteiger partial charge in [-0.1, -0.05) is 19.9 Å². The van der Waals surface area contributed by atoms with Gasteiger partial charge in [0.25, 0.3) is 0 Å². The molecule has 0 aliphatic heterocycles. The Morgan fingerprint density at radius 2 is 2.12 bits per heavy atom. The van der Waals surface area contributed by atoms with Gasteiger partial charge in [-0.2, -0.15) is 0 Å². The average molecular weight is 233 g/mol. The van der Waals surface area contributed by atoms with Crippen molar-refractivity contribution in [3.05, 3.63) is 30.6 Å². The van der Waals surface area contributed by atoms with E-state index < -0.39 is 0 Å². The minimum absolute atomic E-state index is 0.567. The number of aromatic nitrogens is 1. The number of hydrogen-bond acceptors (Lipinski definition) is 3. The Balaban J connectivity index is 2.51. The molecule has 4 N–H and O–H groups in total. The number of nitrogens with zero attached hydrogens (tertiary/aromatic N) is 1. The van der Waals surface area contributed by atoms with Crippen LogP contribution in [0.2, 0.25) is 0 Å². The number of anilines is 2. The van der Waals surface area contributed by atoms with Gasteiger partial charge in [0.05, 0.1) is 17.1 Å². The summed E-state index contributed by atoms with van der Waals surface area (Å²) in [4.78, 5) is 4.28. The van der Waals surface area contributed by atoms with E-state index in [2.05, 4.69) is 25.4 Å². The molecule has 94 valence electrons. The van der Waals surface area contributed by atoms with Crippen molar-refractivity contribution in [3.63, 3.8) is 0 Å². The fourth-order valence-corrected chi connectivity index (χ4v) is 1.96. The Labute approximate surface area is 104 Å². The molecule has 0 amide bonds. The van der Waals surface area contributed by atoms with Crippen LogP contribution in [0.4, 0.5) is 11.4 Å². The monoisotopic (exact) mass is 233 g/mol. The number of pyridine rings is 1. The Kier molecular flexibility index (Phi) is 5.01. The van der Waals surface area contributed by atoms with Crippen molar-refractivity contribution in [1.29, 1.82) is 0 Å². The first-order chi connectivity index (χ1) is 8.06. The van der Waals surface area contributed by atoms with Crippen LogP contribution in [-0.2, 0) is 6.42 Å².